The average molecular weight is 297 g/mol. The van der Waals surface area contributed by atoms with E-state index in [1.54, 1.807) is 47.0 Å². The van der Waals surface area contributed by atoms with E-state index in [1.165, 1.54) is 0 Å². The van der Waals surface area contributed by atoms with Gasteiger partial charge in [0.05, 0.1) is 12.2 Å². The number of aliphatic hydroxyl groups is 2. The fourth-order valence-corrected chi connectivity index (χ4v) is 4.28. The topological polar surface area (TPSA) is 40.5 Å². The van der Waals surface area contributed by atoms with Gasteiger partial charge in [-0.05, 0) is 21.6 Å². The van der Waals surface area contributed by atoms with Gasteiger partial charge in [-0.15, -0.1) is 47.0 Å². The van der Waals surface area contributed by atoms with E-state index in [1.807, 2.05) is 21.6 Å². The van der Waals surface area contributed by atoms with Gasteiger partial charge in [0.15, 0.2) is 0 Å². The lowest BCUT2D eigenvalue weighted by atomic mass is 10.5. The standard InChI is InChI=1S/C10H16O2S4/c11-9-5-13-1-2-14-6-10(12)8-16-4-3-15-7-9/h1-4,9-12H,5-8H2/b2-1+,4-3+. The highest BCUT2D eigenvalue weighted by atomic mass is 32.2. The van der Waals surface area contributed by atoms with Gasteiger partial charge in [0.2, 0.25) is 0 Å². The highest BCUT2D eigenvalue weighted by Gasteiger charge is 2.04. The van der Waals surface area contributed by atoms with Gasteiger partial charge in [-0.3, -0.25) is 0 Å². The Hall–Kier alpha value is 0.800. The molecule has 92 valence electrons. The van der Waals surface area contributed by atoms with Crippen LogP contribution in [0.25, 0.3) is 0 Å². The lowest BCUT2D eigenvalue weighted by molar-refractivity contribution is 0.225. The number of thioether (sulfide) groups is 4. The molecular weight excluding hydrogens is 280 g/mol. The molecule has 2 nitrogen and oxygen atoms in total. The van der Waals surface area contributed by atoms with Crippen molar-refractivity contribution in [1.29, 1.82) is 0 Å². The molecule has 1 aliphatic rings. The van der Waals surface area contributed by atoms with Crippen LogP contribution in [-0.4, -0.2) is 45.4 Å². The van der Waals surface area contributed by atoms with Crippen molar-refractivity contribution in [2.24, 2.45) is 0 Å². The minimum Gasteiger partial charge on any atom is -0.391 e. The van der Waals surface area contributed by atoms with Crippen LogP contribution in [0.2, 0.25) is 0 Å². The van der Waals surface area contributed by atoms with Crippen LogP contribution >= 0.6 is 47.0 Å². The maximum atomic E-state index is 9.60. The Morgan fingerprint density at radius 1 is 0.625 bits per heavy atom. The summed E-state index contributed by atoms with van der Waals surface area (Å²) in [5, 5.41) is 27.1. The number of rotatable bonds is 0. The molecule has 0 saturated carbocycles. The average Bonchev–Trinajstić information content (AvgIpc) is 2.27. The first-order chi connectivity index (χ1) is 7.79. The van der Waals surface area contributed by atoms with Crippen LogP contribution in [0, 0.1) is 0 Å². The molecule has 0 aromatic carbocycles. The number of hydrogen-bond donors (Lipinski definition) is 2. The van der Waals surface area contributed by atoms with Crippen LogP contribution in [0.15, 0.2) is 21.6 Å². The Morgan fingerprint density at radius 3 is 1.12 bits per heavy atom. The van der Waals surface area contributed by atoms with E-state index in [0.29, 0.717) is 0 Å². The lowest BCUT2D eigenvalue weighted by Gasteiger charge is -2.08. The van der Waals surface area contributed by atoms with Gasteiger partial charge in [-0.25, -0.2) is 0 Å². The van der Waals surface area contributed by atoms with E-state index in [-0.39, 0.29) is 12.2 Å². The summed E-state index contributed by atoms with van der Waals surface area (Å²) in [6.07, 6.45) is -0.513. The lowest BCUT2D eigenvalue weighted by Crippen LogP contribution is -2.12. The minimum atomic E-state index is -0.257. The Kier molecular flexibility index (Phi) is 9.09. The van der Waals surface area contributed by atoms with Crippen LogP contribution in [0.3, 0.4) is 0 Å². The molecule has 1 rings (SSSR count). The van der Waals surface area contributed by atoms with Gasteiger partial charge < -0.3 is 10.2 Å². The molecule has 2 N–H and O–H groups in total. The molecule has 0 bridgehead atoms. The predicted molar refractivity (Wildman–Crippen MR) is 80.1 cm³/mol. The molecule has 0 fully saturated rings. The zero-order chi connectivity index (χ0) is 11.6. The summed E-state index contributed by atoms with van der Waals surface area (Å²) in [6, 6.07) is 0. The summed E-state index contributed by atoms with van der Waals surface area (Å²) >= 11 is 6.45. The fourth-order valence-electron chi connectivity index (χ4n) is 0.920. The molecule has 0 atom stereocenters. The fraction of sp³-hybridized carbons (Fsp3) is 0.600. The van der Waals surface area contributed by atoms with Crippen LogP contribution in [0.4, 0.5) is 0 Å². The SMILES string of the molecule is OC1CS/C=C/SCC(O)CS/C=C/SC1. The first kappa shape index (κ1) is 14.9. The highest BCUT2D eigenvalue weighted by molar-refractivity contribution is 8.06. The summed E-state index contributed by atoms with van der Waals surface area (Å²) in [4.78, 5) is 0. The third kappa shape index (κ3) is 7.97. The molecule has 0 radical (unpaired) electrons. The van der Waals surface area contributed by atoms with Gasteiger partial charge in [-0.1, -0.05) is 0 Å². The molecule has 1 aliphatic heterocycles. The molecule has 0 aromatic rings. The van der Waals surface area contributed by atoms with Crippen LogP contribution in [0.5, 0.6) is 0 Å². The van der Waals surface area contributed by atoms with E-state index in [4.69, 9.17) is 0 Å². The monoisotopic (exact) mass is 296 g/mol. The third-order valence-electron chi connectivity index (χ3n) is 1.65. The van der Waals surface area contributed by atoms with E-state index in [2.05, 4.69) is 0 Å². The summed E-state index contributed by atoms with van der Waals surface area (Å²) in [6.45, 7) is 0. The van der Waals surface area contributed by atoms with Gasteiger partial charge in [0.25, 0.3) is 0 Å². The van der Waals surface area contributed by atoms with Crippen molar-refractivity contribution >= 4 is 47.0 Å². The molecule has 0 aromatic heterocycles. The Labute approximate surface area is 114 Å². The molecule has 0 saturated heterocycles. The molecule has 0 aliphatic carbocycles. The quantitative estimate of drug-likeness (QED) is 0.716. The van der Waals surface area contributed by atoms with Crippen molar-refractivity contribution in [3.63, 3.8) is 0 Å². The van der Waals surface area contributed by atoms with E-state index in [0.717, 1.165) is 23.0 Å². The normalized spacial score (nSPS) is 33.9. The van der Waals surface area contributed by atoms with Crippen molar-refractivity contribution in [3.8, 4) is 0 Å². The van der Waals surface area contributed by atoms with Crippen molar-refractivity contribution in [3.05, 3.63) is 21.6 Å². The van der Waals surface area contributed by atoms with Gasteiger partial charge >= 0.3 is 0 Å². The molecule has 0 unspecified atom stereocenters. The third-order valence-corrected chi connectivity index (χ3v) is 5.62. The van der Waals surface area contributed by atoms with Crippen LogP contribution in [0.1, 0.15) is 0 Å². The molecular formula is C10H16O2S4. The Balaban J connectivity index is 2.34. The maximum Gasteiger partial charge on any atom is 0.0727 e. The molecule has 0 amide bonds. The first-order valence-electron chi connectivity index (χ1n) is 4.91. The second kappa shape index (κ2) is 9.79. The smallest absolute Gasteiger partial charge is 0.0727 e. The van der Waals surface area contributed by atoms with E-state index >= 15 is 0 Å². The van der Waals surface area contributed by atoms with E-state index < -0.39 is 0 Å². The Bertz CT molecular complexity index is 189. The van der Waals surface area contributed by atoms with Crippen molar-refractivity contribution in [1.82, 2.24) is 0 Å². The minimum absolute atomic E-state index is 0.257. The highest BCUT2D eigenvalue weighted by Crippen LogP contribution is 2.17. The summed E-state index contributed by atoms with van der Waals surface area (Å²) < 4.78 is 0. The Morgan fingerprint density at radius 2 is 0.875 bits per heavy atom. The molecule has 1 heterocycles. The first-order valence-corrected chi connectivity index (χ1v) is 9.11. The van der Waals surface area contributed by atoms with Crippen LogP contribution in [-0.2, 0) is 0 Å². The molecule has 0 spiro atoms. The van der Waals surface area contributed by atoms with Crippen molar-refractivity contribution in [2.75, 3.05) is 23.0 Å². The second-order valence-electron chi connectivity index (χ2n) is 3.19. The van der Waals surface area contributed by atoms with Crippen LogP contribution < -0.4 is 0 Å². The predicted octanol–water partition coefficient (Wildman–Crippen LogP) is 2.60. The zero-order valence-corrected chi connectivity index (χ0v) is 12.1. The summed E-state index contributed by atoms with van der Waals surface area (Å²) in [5.41, 5.74) is 0. The number of hydrogen-bond acceptors (Lipinski definition) is 6. The summed E-state index contributed by atoms with van der Waals surface area (Å²) in [5.74, 6) is 2.92. The van der Waals surface area contributed by atoms with Gasteiger partial charge in [-0.2, -0.15) is 0 Å². The van der Waals surface area contributed by atoms with Gasteiger partial charge in [0, 0.05) is 23.0 Å². The largest absolute Gasteiger partial charge is 0.391 e. The molecule has 6 heteroatoms. The maximum absolute atomic E-state index is 9.60. The van der Waals surface area contributed by atoms with Gasteiger partial charge in [0.1, 0.15) is 0 Å². The van der Waals surface area contributed by atoms with Crippen molar-refractivity contribution < 1.29 is 10.2 Å². The van der Waals surface area contributed by atoms with Crippen molar-refractivity contribution in [2.45, 2.75) is 12.2 Å². The zero-order valence-electron chi connectivity index (χ0n) is 8.82. The molecule has 16 heavy (non-hydrogen) atoms. The second-order valence-corrected chi connectivity index (χ2v) is 6.94. The van der Waals surface area contributed by atoms with E-state index in [9.17, 15) is 10.2 Å². The number of aliphatic hydroxyl groups excluding tert-OH is 2. The summed E-state index contributed by atoms with van der Waals surface area (Å²) in [7, 11) is 0.